The lowest BCUT2D eigenvalue weighted by atomic mass is 9.99. The van der Waals surface area contributed by atoms with Crippen molar-refractivity contribution in [3.8, 4) is 0 Å². The van der Waals surface area contributed by atoms with Crippen molar-refractivity contribution >= 4 is 11.8 Å². The largest absolute Gasteiger partial charge is 0.393 e. The maximum Gasteiger partial charge on any atom is 0.393 e. The SMILES string of the molecule is C=CC(=O)N(CC)CC(=O)N(C)Cc1nnc2n1CC(C(F)(F)F)CC2. The molecule has 0 N–H and O–H groups in total. The average Bonchev–Trinajstić information content (AvgIpc) is 3.00. The van der Waals surface area contributed by atoms with Gasteiger partial charge in [0.2, 0.25) is 11.8 Å². The highest BCUT2D eigenvalue weighted by atomic mass is 19.4. The van der Waals surface area contributed by atoms with Crippen LogP contribution in [0.5, 0.6) is 0 Å². The summed E-state index contributed by atoms with van der Waals surface area (Å²) in [7, 11) is 1.51. The third-order valence-electron chi connectivity index (χ3n) is 4.48. The smallest absolute Gasteiger partial charge is 0.337 e. The van der Waals surface area contributed by atoms with Crippen molar-refractivity contribution in [3.05, 3.63) is 24.3 Å². The molecule has 0 fully saturated rings. The van der Waals surface area contributed by atoms with E-state index in [0.29, 0.717) is 18.2 Å². The fourth-order valence-electron chi connectivity index (χ4n) is 2.83. The van der Waals surface area contributed by atoms with E-state index in [9.17, 15) is 22.8 Å². The van der Waals surface area contributed by atoms with Crippen molar-refractivity contribution < 1.29 is 22.8 Å². The first-order valence-electron chi connectivity index (χ1n) is 8.30. The van der Waals surface area contributed by atoms with Crippen LogP contribution in [0.15, 0.2) is 12.7 Å². The number of aryl methyl sites for hydroxylation is 1. The van der Waals surface area contributed by atoms with E-state index in [1.54, 1.807) is 6.92 Å². The van der Waals surface area contributed by atoms with Gasteiger partial charge in [-0.25, -0.2) is 0 Å². The number of carbonyl (C=O) groups excluding carboxylic acids is 2. The Morgan fingerprint density at radius 3 is 2.65 bits per heavy atom. The molecule has 2 rings (SSSR count). The molecular weight excluding hydrogens is 351 g/mol. The Hall–Kier alpha value is -2.39. The molecule has 0 saturated carbocycles. The first-order valence-corrected chi connectivity index (χ1v) is 8.30. The number of hydrogen-bond donors (Lipinski definition) is 0. The Balaban J connectivity index is 2.05. The number of carbonyl (C=O) groups is 2. The van der Waals surface area contributed by atoms with Crippen LogP contribution in [0.25, 0.3) is 0 Å². The number of likely N-dealkylation sites (N-methyl/N-ethyl adjacent to an activating group) is 2. The molecule has 1 aliphatic rings. The zero-order chi connectivity index (χ0) is 19.5. The lowest BCUT2D eigenvalue weighted by molar-refractivity contribution is -0.182. The van der Waals surface area contributed by atoms with E-state index in [1.807, 2.05) is 0 Å². The van der Waals surface area contributed by atoms with Crippen LogP contribution in [0.2, 0.25) is 0 Å². The molecule has 10 heteroatoms. The van der Waals surface area contributed by atoms with E-state index in [2.05, 4.69) is 16.8 Å². The number of hydrogen-bond acceptors (Lipinski definition) is 4. The van der Waals surface area contributed by atoms with Gasteiger partial charge in [0, 0.05) is 26.6 Å². The molecule has 26 heavy (non-hydrogen) atoms. The maximum atomic E-state index is 13.0. The van der Waals surface area contributed by atoms with Gasteiger partial charge >= 0.3 is 6.18 Å². The Kier molecular flexibility index (Phi) is 6.04. The third-order valence-corrected chi connectivity index (χ3v) is 4.48. The molecule has 2 amide bonds. The molecule has 144 valence electrons. The van der Waals surface area contributed by atoms with Gasteiger partial charge in [0.05, 0.1) is 19.0 Å². The van der Waals surface area contributed by atoms with E-state index in [-0.39, 0.29) is 44.3 Å². The van der Waals surface area contributed by atoms with E-state index < -0.39 is 12.1 Å². The number of alkyl halides is 3. The molecule has 0 spiro atoms. The van der Waals surface area contributed by atoms with Gasteiger partial charge in [-0.2, -0.15) is 13.2 Å². The fraction of sp³-hybridized carbons (Fsp3) is 0.625. The molecule has 0 aromatic carbocycles. The second kappa shape index (κ2) is 7.88. The molecule has 7 nitrogen and oxygen atoms in total. The van der Waals surface area contributed by atoms with Gasteiger partial charge in [-0.3, -0.25) is 9.59 Å². The lowest BCUT2D eigenvalue weighted by Gasteiger charge is -2.27. The summed E-state index contributed by atoms with van der Waals surface area (Å²) in [6.07, 6.45) is -2.95. The molecule has 0 radical (unpaired) electrons. The summed E-state index contributed by atoms with van der Waals surface area (Å²) in [5.74, 6) is -1.34. The highest BCUT2D eigenvalue weighted by Gasteiger charge is 2.42. The van der Waals surface area contributed by atoms with Crippen molar-refractivity contribution in [3.63, 3.8) is 0 Å². The Morgan fingerprint density at radius 2 is 2.08 bits per heavy atom. The zero-order valence-electron chi connectivity index (χ0n) is 14.8. The van der Waals surface area contributed by atoms with Gasteiger partial charge < -0.3 is 14.4 Å². The van der Waals surface area contributed by atoms with Crippen molar-refractivity contribution in [2.45, 2.75) is 39.0 Å². The lowest BCUT2D eigenvalue weighted by Crippen LogP contribution is -2.41. The van der Waals surface area contributed by atoms with Crippen molar-refractivity contribution in [2.24, 2.45) is 5.92 Å². The summed E-state index contributed by atoms with van der Waals surface area (Å²) < 4.78 is 40.4. The molecule has 1 aliphatic heterocycles. The normalized spacial score (nSPS) is 16.7. The topological polar surface area (TPSA) is 71.3 Å². The number of nitrogens with zero attached hydrogens (tertiary/aromatic N) is 5. The number of amides is 2. The van der Waals surface area contributed by atoms with E-state index in [0.717, 1.165) is 6.08 Å². The van der Waals surface area contributed by atoms with Crippen LogP contribution >= 0.6 is 0 Å². The number of halogens is 3. The minimum Gasteiger partial charge on any atom is -0.337 e. The zero-order valence-corrected chi connectivity index (χ0v) is 14.8. The van der Waals surface area contributed by atoms with Gasteiger partial charge in [-0.05, 0) is 19.4 Å². The minimum absolute atomic E-state index is 0.00840. The molecule has 1 unspecified atom stereocenters. The summed E-state index contributed by atoms with van der Waals surface area (Å²) in [5, 5.41) is 7.88. The molecule has 0 saturated heterocycles. The van der Waals surface area contributed by atoms with Crippen molar-refractivity contribution in [1.82, 2.24) is 24.6 Å². The van der Waals surface area contributed by atoms with Crippen LogP contribution in [0.1, 0.15) is 25.0 Å². The van der Waals surface area contributed by atoms with Crippen LogP contribution in [0, 0.1) is 5.92 Å². The van der Waals surface area contributed by atoms with E-state index >= 15 is 0 Å². The fourth-order valence-corrected chi connectivity index (χ4v) is 2.83. The number of rotatable bonds is 6. The first-order chi connectivity index (χ1) is 12.2. The maximum absolute atomic E-state index is 13.0. The predicted molar refractivity (Wildman–Crippen MR) is 86.8 cm³/mol. The van der Waals surface area contributed by atoms with Crippen LogP contribution in [0.4, 0.5) is 13.2 Å². The summed E-state index contributed by atoms with van der Waals surface area (Å²) in [6.45, 7) is 5.12. The molecule has 2 heterocycles. The van der Waals surface area contributed by atoms with Crippen LogP contribution in [0.3, 0.4) is 0 Å². The average molecular weight is 373 g/mol. The predicted octanol–water partition coefficient (Wildman–Crippen LogP) is 1.40. The van der Waals surface area contributed by atoms with Crippen molar-refractivity contribution in [1.29, 1.82) is 0 Å². The Bertz CT molecular complexity index is 686. The molecule has 1 aromatic heterocycles. The third kappa shape index (κ3) is 4.41. The van der Waals surface area contributed by atoms with Gasteiger partial charge in [0.25, 0.3) is 0 Å². The minimum atomic E-state index is -4.27. The van der Waals surface area contributed by atoms with Crippen LogP contribution < -0.4 is 0 Å². The highest BCUT2D eigenvalue weighted by molar-refractivity contribution is 5.90. The standard InChI is InChI=1S/C16H22F3N5O2/c1-4-14(25)23(5-2)10-15(26)22(3)9-13-21-20-12-7-6-11(8-24(12)13)16(17,18)19/h4,11H,1,5-10H2,2-3H3. The molecule has 0 aliphatic carbocycles. The van der Waals surface area contributed by atoms with Crippen molar-refractivity contribution in [2.75, 3.05) is 20.1 Å². The Labute approximate surface area is 149 Å². The van der Waals surface area contributed by atoms with Gasteiger partial charge in [-0.15, -0.1) is 10.2 Å². The quantitative estimate of drug-likeness (QED) is 0.707. The van der Waals surface area contributed by atoms with E-state index in [1.165, 1.54) is 21.4 Å². The molecule has 1 atom stereocenters. The second-order valence-electron chi connectivity index (χ2n) is 6.23. The Morgan fingerprint density at radius 1 is 1.38 bits per heavy atom. The first kappa shape index (κ1) is 19.9. The number of fused-ring (bicyclic) bond motifs is 1. The summed E-state index contributed by atoms with van der Waals surface area (Å²) in [4.78, 5) is 26.6. The molecule has 0 bridgehead atoms. The highest BCUT2D eigenvalue weighted by Crippen LogP contribution is 2.34. The summed E-state index contributed by atoms with van der Waals surface area (Å²) >= 11 is 0. The molecular formula is C16H22F3N5O2. The number of aromatic nitrogens is 3. The monoisotopic (exact) mass is 373 g/mol. The second-order valence-corrected chi connectivity index (χ2v) is 6.23. The molecule has 1 aromatic rings. The van der Waals surface area contributed by atoms with Crippen LogP contribution in [-0.4, -0.2) is 62.7 Å². The van der Waals surface area contributed by atoms with Gasteiger partial charge in [0.15, 0.2) is 5.82 Å². The van der Waals surface area contributed by atoms with Gasteiger partial charge in [-0.1, -0.05) is 6.58 Å². The van der Waals surface area contributed by atoms with Crippen LogP contribution in [-0.2, 0) is 29.1 Å². The van der Waals surface area contributed by atoms with E-state index in [4.69, 9.17) is 0 Å². The van der Waals surface area contributed by atoms with Gasteiger partial charge in [0.1, 0.15) is 5.82 Å². The summed E-state index contributed by atoms with van der Waals surface area (Å²) in [5.41, 5.74) is 0. The summed E-state index contributed by atoms with van der Waals surface area (Å²) in [6, 6.07) is 0.